The number of hydrogen-bond donors (Lipinski definition) is 2. The Kier molecular flexibility index (Phi) is 4.03. The first-order chi connectivity index (χ1) is 9.88. The second-order valence-electron chi connectivity index (χ2n) is 5.20. The summed E-state index contributed by atoms with van der Waals surface area (Å²) in [5.74, 6) is 1.15. The van der Waals surface area contributed by atoms with E-state index >= 15 is 0 Å². The molecule has 1 aromatic heterocycles. The molecule has 106 valence electrons. The largest absolute Gasteiger partial charge is 0.396 e. The lowest BCUT2D eigenvalue weighted by Gasteiger charge is -2.18. The quantitative estimate of drug-likeness (QED) is 0.847. The summed E-state index contributed by atoms with van der Waals surface area (Å²) in [6.07, 6.45) is 3.38. The molecule has 0 spiro atoms. The zero-order valence-corrected chi connectivity index (χ0v) is 11.3. The van der Waals surface area contributed by atoms with Crippen molar-refractivity contribution in [3.63, 3.8) is 0 Å². The van der Waals surface area contributed by atoms with E-state index in [1.54, 1.807) is 4.68 Å². The number of nitrogens with one attached hydrogen (secondary N) is 1. The number of aromatic nitrogens is 4. The molecule has 1 aliphatic rings. The Morgan fingerprint density at radius 1 is 1.25 bits per heavy atom. The molecule has 2 unspecified atom stereocenters. The topological polar surface area (TPSA) is 75.9 Å². The molecule has 0 amide bonds. The van der Waals surface area contributed by atoms with E-state index in [0.717, 1.165) is 24.4 Å². The highest BCUT2D eigenvalue weighted by atomic mass is 16.3. The zero-order chi connectivity index (χ0) is 13.8. The van der Waals surface area contributed by atoms with Crippen molar-refractivity contribution in [2.75, 3.05) is 6.61 Å². The SMILES string of the molecule is OCC1CCCC1NCc1nnnn1-c1ccccc1. The van der Waals surface area contributed by atoms with E-state index in [4.69, 9.17) is 0 Å². The molecule has 2 aromatic rings. The predicted molar refractivity (Wildman–Crippen MR) is 74.2 cm³/mol. The van der Waals surface area contributed by atoms with Crippen molar-refractivity contribution >= 4 is 0 Å². The lowest BCUT2D eigenvalue weighted by atomic mass is 10.1. The van der Waals surface area contributed by atoms with E-state index in [2.05, 4.69) is 20.8 Å². The standard InChI is InChI=1S/C14H19N5O/c20-10-11-5-4-8-13(11)15-9-14-16-17-18-19(14)12-6-2-1-3-7-12/h1-3,6-7,11,13,15,20H,4-5,8-10H2. The molecule has 0 bridgehead atoms. The van der Waals surface area contributed by atoms with Gasteiger partial charge in [0, 0.05) is 12.6 Å². The molecule has 1 fully saturated rings. The van der Waals surface area contributed by atoms with Crippen molar-refractivity contribution in [2.24, 2.45) is 5.92 Å². The Bertz CT molecular complexity index is 542. The van der Waals surface area contributed by atoms with Gasteiger partial charge >= 0.3 is 0 Å². The van der Waals surface area contributed by atoms with Gasteiger partial charge < -0.3 is 10.4 Å². The van der Waals surface area contributed by atoms with E-state index in [1.165, 1.54) is 6.42 Å². The van der Waals surface area contributed by atoms with Gasteiger partial charge in [0.15, 0.2) is 5.82 Å². The molecule has 3 rings (SSSR count). The second-order valence-corrected chi connectivity index (χ2v) is 5.20. The summed E-state index contributed by atoms with van der Waals surface area (Å²) in [4.78, 5) is 0. The Morgan fingerprint density at radius 2 is 2.10 bits per heavy atom. The van der Waals surface area contributed by atoms with Crippen LogP contribution in [0.1, 0.15) is 25.1 Å². The average molecular weight is 273 g/mol. The van der Waals surface area contributed by atoms with Gasteiger partial charge in [-0.3, -0.25) is 0 Å². The number of rotatable bonds is 5. The molecule has 0 saturated heterocycles. The van der Waals surface area contributed by atoms with Crippen molar-refractivity contribution in [1.29, 1.82) is 0 Å². The fraction of sp³-hybridized carbons (Fsp3) is 0.500. The van der Waals surface area contributed by atoms with E-state index in [9.17, 15) is 5.11 Å². The highest BCUT2D eigenvalue weighted by molar-refractivity contribution is 5.30. The molecule has 20 heavy (non-hydrogen) atoms. The fourth-order valence-electron chi connectivity index (χ4n) is 2.83. The minimum atomic E-state index is 0.251. The van der Waals surface area contributed by atoms with Gasteiger partial charge in [0.2, 0.25) is 0 Å². The van der Waals surface area contributed by atoms with Gasteiger partial charge in [0.25, 0.3) is 0 Å². The Labute approximate surface area is 117 Å². The minimum absolute atomic E-state index is 0.251. The van der Waals surface area contributed by atoms with E-state index in [0.29, 0.717) is 18.5 Å². The number of para-hydroxylation sites is 1. The fourth-order valence-corrected chi connectivity index (χ4v) is 2.83. The first-order valence-corrected chi connectivity index (χ1v) is 7.05. The van der Waals surface area contributed by atoms with Gasteiger partial charge in [-0.15, -0.1) is 5.10 Å². The predicted octanol–water partition coefficient (Wildman–Crippen LogP) is 0.913. The van der Waals surface area contributed by atoms with Gasteiger partial charge in [0.05, 0.1) is 12.2 Å². The van der Waals surface area contributed by atoms with Gasteiger partial charge in [-0.25, -0.2) is 0 Å². The summed E-state index contributed by atoms with van der Waals surface area (Å²) in [6, 6.07) is 10.2. The van der Waals surface area contributed by atoms with Crippen molar-refractivity contribution in [2.45, 2.75) is 31.8 Å². The van der Waals surface area contributed by atoms with Crippen molar-refractivity contribution in [3.05, 3.63) is 36.2 Å². The third kappa shape index (κ3) is 2.71. The zero-order valence-electron chi connectivity index (χ0n) is 11.3. The maximum Gasteiger partial charge on any atom is 0.170 e. The molecule has 1 aromatic carbocycles. The van der Waals surface area contributed by atoms with Gasteiger partial charge in [0.1, 0.15) is 0 Å². The first kappa shape index (κ1) is 13.2. The van der Waals surface area contributed by atoms with Crippen LogP contribution in [-0.2, 0) is 6.54 Å². The van der Waals surface area contributed by atoms with Crippen LogP contribution in [0.15, 0.2) is 30.3 Å². The van der Waals surface area contributed by atoms with Crippen LogP contribution < -0.4 is 5.32 Å². The number of benzene rings is 1. The van der Waals surface area contributed by atoms with Crippen LogP contribution in [0.2, 0.25) is 0 Å². The molecule has 1 heterocycles. The summed E-state index contributed by atoms with van der Waals surface area (Å²) >= 11 is 0. The van der Waals surface area contributed by atoms with Crippen LogP contribution >= 0.6 is 0 Å². The van der Waals surface area contributed by atoms with Crippen LogP contribution in [0.25, 0.3) is 5.69 Å². The van der Waals surface area contributed by atoms with Gasteiger partial charge in [-0.2, -0.15) is 4.68 Å². The molecule has 6 heteroatoms. The average Bonchev–Trinajstić information content (AvgIpc) is 3.14. The molecule has 2 N–H and O–H groups in total. The highest BCUT2D eigenvalue weighted by Gasteiger charge is 2.26. The van der Waals surface area contributed by atoms with Crippen LogP contribution in [0.4, 0.5) is 0 Å². The molecule has 2 atom stereocenters. The lowest BCUT2D eigenvalue weighted by molar-refractivity contribution is 0.204. The van der Waals surface area contributed by atoms with Crippen molar-refractivity contribution in [3.8, 4) is 5.69 Å². The second kappa shape index (κ2) is 6.11. The van der Waals surface area contributed by atoms with Crippen molar-refractivity contribution < 1.29 is 5.11 Å². The maximum atomic E-state index is 9.34. The summed E-state index contributed by atoms with van der Waals surface area (Å²) in [5, 5.41) is 24.7. The number of aliphatic hydroxyl groups excluding tert-OH is 1. The molecule has 1 aliphatic carbocycles. The van der Waals surface area contributed by atoms with Crippen LogP contribution in [0.3, 0.4) is 0 Å². The van der Waals surface area contributed by atoms with Crippen LogP contribution in [-0.4, -0.2) is 38.0 Å². The Balaban J connectivity index is 1.68. The van der Waals surface area contributed by atoms with E-state index in [1.807, 2.05) is 30.3 Å². The Hall–Kier alpha value is -1.79. The van der Waals surface area contributed by atoms with Crippen LogP contribution in [0.5, 0.6) is 0 Å². The summed E-state index contributed by atoms with van der Waals surface area (Å²) in [6.45, 7) is 0.865. The monoisotopic (exact) mass is 273 g/mol. The molecule has 6 nitrogen and oxygen atoms in total. The third-order valence-electron chi connectivity index (χ3n) is 3.95. The normalized spacial score (nSPS) is 22.2. The number of hydrogen-bond acceptors (Lipinski definition) is 5. The molecule has 0 aliphatic heterocycles. The van der Waals surface area contributed by atoms with E-state index in [-0.39, 0.29) is 6.61 Å². The maximum absolute atomic E-state index is 9.34. The van der Waals surface area contributed by atoms with Crippen LogP contribution in [0, 0.1) is 5.92 Å². The third-order valence-corrected chi connectivity index (χ3v) is 3.95. The first-order valence-electron chi connectivity index (χ1n) is 7.05. The smallest absolute Gasteiger partial charge is 0.170 e. The molecular weight excluding hydrogens is 254 g/mol. The lowest BCUT2D eigenvalue weighted by Crippen LogP contribution is -2.34. The molecule has 0 radical (unpaired) electrons. The number of nitrogens with zero attached hydrogens (tertiary/aromatic N) is 4. The summed E-state index contributed by atoms with van der Waals surface area (Å²) in [5.41, 5.74) is 0.958. The van der Waals surface area contributed by atoms with E-state index < -0.39 is 0 Å². The highest BCUT2D eigenvalue weighted by Crippen LogP contribution is 2.25. The molecular formula is C14H19N5O. The molecule has 1 saturated carbocycles. The number of tetrazole rings is 1. The summed E-state index contributed by atoms with van der Waals surface area (Å²) < 4.78 is 1.75. The van der Waals surface area contributed by atoms with Crippen molar-refractivity contribution in [1.82, 2.24) is 25.5 Å². The minimum Gasteiger partial charge on any atom is -0.396 e. The van der Waals surface area contributed by atoms with Gasteiger partial charge in [-0.1, -0.05) is 24.6 Å². The van der Waals surface area contributed by atoms with Gasteiger partial charge in [-0.05, 0) is 41.3 Å². The Morgan fingerprint density at radius 3 is 2.90 bits per heavy atom. The number of aliphatic hydroxyl groups is 1. The summed E-state index contributed by atoms with van der Waals surface area (Å²) in [7, 11) is 0.